The molecule has 8 heteroatoms. The van der Waals surface area contributed by atoms with Crippen molar-refractivity contribution in [2.24, 2.45) is 0 Å². The number of rotatable bonds is 4. The molecule has 0 saturated carbocycles. The van der Waals surface area contributed by atoms with E-state index in [9.17, 15) is 19.2 Å². The maximum Gasteiger partial charge on any atom is 0.340 e. The van der Waals surface area contributed by atoms with Crippen LogP contribution < -0.4 is 5.32 Å². The Kier molecular flexibility index (Phi) is 4.13. The molecule has 0 fully saturated rings. The van der Waals surface area contributed by atoms with Crippen molar-refractivity contribution < 1.29 is 23.9 Å². The topological polar surface area (TPSA) is 92.8 Å². The normalized spacial score (nSPS) is 13.0. The lowest BCUT2D eigenvalue weighted by molar-refractivity contribution is -0.116. The molecule has 3 amide bonds. The van der Waals surface area contributed by atoms with E-state index in [4.69, 9.17) is 0 Å². The number of fused-ring (bicyclic) bond motifs is 1. The lowest BCUT2D eigenvalue weighted by Gasteiger charge is -2.13. The predicted octanol–water partition coefficient (Wildman–Crippen LogP) is 1.77. The molecular formula is C16H12N2O5S. The van der Waals surface area contributed by atoms with Crippen LogP contribution in [0.3, 0.4) is 0 Å². The van der Waals surface area contributed by atoms with Crippen LogP contribution in [0.5, 0.6) is 0 Å². The van der Waals surface area contributed by atoms with Gasteiger partial charge in [-0.3, -0.25) is 19.3 Å². The second-order valence-electron chi connectivity index (χ2n) is 4.95. The first-order chi connectivity index (χ1) is 11.5. The Hall–Kier alpha value is -3.00. The smallest absolute Gasteiger partial charge is 0.340 e. The SMILES string of the molecule is COC(=O)c1ccsc1NC(=O)CN1C(=O)c2ccccc2C1=O. The molecular weight excluding hydrogens is 332 g/mol. The molecule has 1 aliphatic heterocycles. The molecule has 0 aliphatic carbocycles. The van der Waals surface area contributed by atoms with Gasteiger partial charge < -0.3 is 10.1 Å². The van der Waals surface area contributed by atoms with Gasteiger partial charge in [-0.15, -0.1) is 11.3 Å². The van der Waals surface area contributed by atoms with Crippen molar-refractivity contribution in [3.63, 3.8) is 0 Å². The lowest BCUT2D eigenvalue weighted by atomic mass is 10.1. The molecule has 2 aromatic rings. The third-order valence-electron chi connectivity index (χ3n) is 3.50. The summed E-state index contributed by atoms with van der Waals surface area (Å²) >= 11 is 1.15. The summed E-state index contributed by atoms with van der Waals surface area (Å²) in [6.07, 6.45) is 0. The Morgan fingerprint density at radius 2 is 1.75 bits per heavy atom. The second kappa shape index (κ2) is 6.25. The average Bonchev–Trinajstić information content (AvgIpc) is 3.13. The molecule has 0 spiro atoms. The highest BCUT2D eigenvalue weighted by Gasteiger charge is 2.36. The number of esters is 1. The molecule has 0 unspecified atom stereocenters. The monoisotopic (exact) mass is 344 g/mol. The second-order valence-corrected chi connectivity index (χ2v) is 5.86. The molecule has 1 aromatic carbocycles. The summed E-state index contributed by atoms with van der Waals surface area (Å²) in [5, 5.41) is 4.47. The van der Waals surface area contributed by atoms with Crippen LogP contribution in [0.1, 0.15) is 31.1 Å². The van der Waals surface area contributed by atoms with Crippen molar-refractivity contribution >= 4 is 40.0 Å². The van der Waals surface area contributed by atoms with E-state index in [1.165, 1.54) is 13.2 Å². The van der Waals surface area contributed by atoms with E-state index < -0.39 is 30.2 Å². The first kappa shape index (κ1) is 15.9. The molecule has 7 nitrogen and oxygen atoms in total. The molecule has 3 rings (SSSR count). The largest absolute Gasteiger partial charge is 0.465 e. The minimum Gasteiger partial charge on any atom is -0.465 e. The Morgan fingerprint density at radius 3 is 2.33 bits per heavy atom. The van der Waals surface area contributed by atoms with Crippen molar-refractivity contribution in [2.45, 2.75) is 0 Å². The van der Waals surface area contributed by atoms with Gasteiger partial charge in [-0.25, -0.2) is 4.79 Å². The maximum atomic E-state index is 12.2. The minimum absolute atomic E-state index is 0.221. The van der Waals surface area contributed by atoms with Gasteiger partial charge in [-0.05, 0) is 23.6 Å². The maximum absolute atomic E-state index is 12.2. The third-order valence-corrected chi connectivity index (χ3v) is 4.33. The van der Waals surface area contributed by atoms with Crippen LogP contribution in [0.15, 0.2) is 35.7 Å². The van der Waals surface area contributed by atoms with Gasteiger partial charge in [0.25, 0.3) is 11.8 Å². The number of thiophene rings is 1. The number of methoxy groups -OCH3 is 1. The summed E-state index contributed by atoms with van der Waals surface area (Å²) in [5.41, 5.74) is 0.779. The Bertz CT molecular complexity index is 823. The molecule has 1 aliphatic rings. The molecule has 2 heterocycles. The summed E-state index contributed by atoms with van der Waals surface area (Å²) in [5.74, 6) is -2.17. The van der Waals surface area contributed by atoms with E-state index >= 15 is 0 Å². The lowest BCUT2D eigenvalue weighted by Crippen LogP contribution is -2.37. The van der Waals surface area contributed by atoms with Gasteiger partial charge in [-0.1, -0.05) is 12.1 Å². The fourth-order valence-electron chi connectivity index (χ4n) is 2.37. The van der Waals surface area contributed by atoms with Crippen molar-refractivity contribution in [1.29, 1.82) is 0 Å². The van der Waals surface area contributed by atoms with Crippen LogP contribution in [-0.4, -0.2) is 42.2 Å². The van der Waals surface area contributed by atoms with Gasteiger partial charge >= 0.3 is 5.97 Å². The Morgan fingerprint density at radius 1 is 1.12 bits per heavy atom. The van der Waals surface area contributed by atoms with Crippen molar-refractivity contribution in [3.05, 3.63) is 52.4 Å². The molecule has 0 bridgehead atoms. The third kappa shape index (κ3) is 2.67. The molecule has 24 heavy (non-hydrogen) atoms. The van der Waals surface area contributed by atoms with Crippen molar-refractivity contribution in [1.82, 2.24) is 4.90 Å². The highest BCUT2D eigenvalue weighted by atomic mass is 32.1. The summed E-state index contributed by atoms with van der Waals surface area (Å²) in [6, 6.07) is 7.92. The highest BCUT2D eigenvalue weighted by molar-refractivity contribution is 7.14. The average molecular weight is 344 g/mol. The molecule has 1 N–H and O–H groups in total. The number of benzene rings is 1. The number of carbonyl (C=O) groups is 4. The first-order valence-electron chi connectivity index (χ1n) is 6.94. The van der Waals surface area contributed by atoms with E-state index in [1.54, 1.807) is 29.6 Å². The fourth-order valence-corrected chi connectivity index (χ4v) is 3.16. The van der Waals surface area contributed by atoms with Crippen molar-refractivity contribution in [3.8, 4) is 0 Å². The number of anilines is 1. The van der Waals surface area contributed by atoms with E-state index in [1.807, 2.05) is 0 Å². The zero-order valence-corrected chi connectivity index (χ0v) is 13.4. The van der Waals surface area contributed by atoms with E-state index in [0.29, 0.717) is 5.00 Å². The number of carbonyl (C=O) groups excluding carboxylic acids is 4. The van der Waals surface area contributed by atoms with Crippen LogP contribution in [0.4, 0.5) is 5.00 Å². The van der Waals surface area contributed by atoms with Gasteiger partial charge in [0, 0.05) is 0 Å². The summed E-state index contributed by atoms with van der Waals surface area (Å²) in [6.45, 7) is -0.426. The zero-order chi connectivity index (χ0) is 17.3. The summed E-state index contributed by atoms with van der Waals surface area (Å²) < 4.78 is 4.62. The fraction of sp³-hybridized carbons (Fsp3) is 0.125. The minimum atomic E-state index is -0.577. The molecule has 0 saturated heterocycles. The predicted molar refractivity (Wildman–Crippen MR) is 86.1 cm³/mol. The van der Waals surface area contributed by atoms with E-state index in [2.05, 4.69) is 10.1 Å². The standard InChI is InChI=1S/C16H12N2O5S/c1-23-16(22)11-6-7-24-13(11)17-12(19)8-18-14(20)9-4-2-3-5-10(9)15(18)21/h2-7H,8H2,1H3,(H,17,19). The van der Waals surface area contributed by atoms with Gasteiger partial charge in [0.15, 0.2) is 0 Å². The number of nitrogens with zero attached hydrogens (tertiary/aromatic N) is 1. The van der Waals surface area contributed by atoms with Crippen LogP contribution in [0.2, 0.25) is 0 Å². The highest BCUT2D eigenvalue weighted by Crippen LogP contribution is 2.25. The number of nitrogens with one attached hydrogen (secondary N) is 1. The van der Waals surface area contributed by atoms with Crippen LogP contribution in [-0.2, 0) is 9.53 Å². The summed E-state index contributed by atoms with van der Waals surface area (Å²) in [7, 11) is 1.24. The number of ether oxygens (including phenoxy) is 1. The van der Waals surface area contributed by atoms with Crippen LogP contribution >= 0.6 is 11.3 Å². The van der Waals surface area contributed by atoms with Gasteiger partial charge in [0.05, 0.1) is 23.8 Å². The molecule has 1 aromatic heterocycles. The number of hydrogen-bond acceptors (Lipinski definition) is 6. The molecule has 122 valence electrons. The van der Waals surface area contributed by atoms with Gasteiger partial charge in [0.1, 0.15) is 11.5 Å². The molecule has 0 radical (unpaired) electrons. The van der Waals surface area contributed by atoms with Crippen LogP contribution in [0, 0.1) is 0 Å². The quantitative estimate of drug-likeness (QED) is 0.674. The van der Waals surface area contributed by atoms with Gasteiger partial charge in [-0.2, -0.15) is 0 Å². The zero-order valence-electron chi connectivity index (χ0n) is 12.6. The first-order valence-corrected chi connectivity index (χ1v) is 7.81. The van der Waals surface area contributed by atoms with Crippen LogP contribution in [0.25, 0.3) is 0 Å². The Labute approximate surface area is 140 Å². The molecule has 0 atom stereocenters. The van der Waals surface area contributed by atoms with Gasteiger partial charge in [0.2, 0.25) is 5.91 Å². The summed E-state index contributed by atoms with van der Waals surface area (Å²) in [4.78, 5) is 49.1. The number of hydrogen-bond donors (Lipinski definition) is 1. The van der Waals surface area contributed by atoms with E-state index in [0.717, 1.165) is 16.2 Å². The number of imide groups is 1. The number of amides is 3. The Balaban J connectivity index is 1.73. The van der Waals surface area contributed by atoms with E-state index in [-0.39, 0.29) is 16.7 Å². The van der Waals surface area contributed by atoms with Crippen molar-refractivity contribution in [2.75, 3.05) is 19.0 Å².